The van der Waals surface area contributed by atoms with E-state index in [-0.39, 0.29) is 11.8 Å². The molecule has 2 N–H and O–H groups in total. The van der Waals surface area contributed by atoms with Crippen molar-refractivity contribution < 1.29 is 9.59 Å². The first-order chi connectivity index (χ1) is 15.7. The normalized spacial score (nSPS) is 10.9. The van der Waals surface area contributed by atoms with E-state index in [1.165, 1.54) is 0 Å². The van der Waals surface area contributed by atoms with Gasteiger partial charge in [0.1, 0.15) is 0 Å². The van der Waals surface area contributed by atoms with Crippen molar-refractivity contribution in [2.75, 3.05) is 13.1 Å². The lowest BCUT2D eigenvalue weighted by atomic mass is 10.1. The summed E-state index contributed by atoms with van der Waals surface area (Å²) >= 11 is 0. The van der Waals surface area contributed by atoms with Crippen molar-refractivity contribution in [3.05, 3.63) is 96.1 Å². The highest BCUT2D eigenvalue weighted by molar-refractivity contribution is 5.99. The molecule has 0 radical (unpaired) electrons. The summed E-state index contributed by atoms with van der Waals surface area (Å²) in [7, 11) is 0. The Morgan fingerprint density at radius 2 is 0.906 bits per heavy atom. The molecule has 0 fully saturated rings. The van der Waals surface area contributed by atoms with Crippen molar-refractivity contribution in [2.24, 2.45) is 0 Å². The summed E-state index contributed by atoms with van der Waals surface area (Å²) in [5, 5.41) is 10.4. The Labute approximate surface area is 188 Å². The monoisotopic (exact) mass is 424 g/mol. The molecule has 0 aliphatic rings. The van der Waals surface area contributed by atoms with E-state index in [2.05, 4.69) is 10.6 Å². The number of hydrogen-bond acceptors (Lipinski definition) is 2. The summed E-state index contributed by atoms with van der Waals surface area (Å²) in [6.45, 7) is 1.32. The van der Waals surface area contributed by atoms with E-state index in [4.69, 9.17) is 0 Å². The van der Waals surface area contributed by atoms with Crippen LogP contribution in [0.5, 0.6) is 0 Å². The summed E-state index contributed by atoms with van der Waals surface area (Å²) in [6.07, 6.45) is 3.89. The van der Waals surface area contributed by atoms with Gasteiger partial charge in [-0.2, -0.15) is 0 Å². The number of nitrogens with one attached hydrogen (secondary N) is 2. The molecular formula is C28H28N2O2. The van der Waals surface area contributed by atoms with Gasteiger partial charge >= 0.3 is 0 Å². The van der Waals surface area contributed by atoms with Gasteiger partial charge in [-0.25, -0.2) is 0 Å². The molecule has 2 amide bonds. The fourth-order valence-corrected chi connectivity index (χ4v) is 3.87. The van der Waals surface area contributed by atoms with Crippen LogP contribution in [0.1, 0.15) is 46.4 Å². The fraction of sp³-hybridized carbons (Fsp3) is 0.214. The highest BCUT2D eigenvalue weighted by Gasteiger charge is 2.07. The molecule has 0 spiro atoms. The molecule has 0 bridgehead atoms. The van der Waals surface area contributed by atoms with E-state index in [9.17, 15) is 9.59 Å². The van der Waals surface area contributed by atoms with Crippen LogP contribution in [0.4, 0.5) is 0 Å². The minimum atomic E-state index is -0.0293. The van der Waals surface area contributed by atoms with Gasteiger partial charge in [-0.3, -0.25) is 9.59 Å². The summed E-state index contributed by atoms with van der Waals surface area (Å²) in [5.41, 5.74) is 1.39. The van der Waals surface area contributed by atoms with E-state index in [0.717, 1.165) is 47.2 Å². The van der Waals surface area contributed by atoms with Crippen LogP contribution >= 0.6 is 0 Å². The third-order valence-electron chi connectivity index (χ3n) is 5.70. The lowest BCUT2D eigenvalue weighted by Crippen LogP contribution is -2.25. The maximum Gasteiger partial charge on any atom is 0.251 e. The Kier molecular flexibility index (Phi) is 7.13. The van der Waals surface area contributed by atoms with Crippen LogP contribution in [0.2, 0.25) is 0 Å². The highest BCUT2D eigenvalue weighted by atomic mass is 16.2. The smallest absolute Gasteiger partial charge is 0.251 e. The molecular weight excluding hydrogens is 396 g/mol. The molecule has 0 heterocycles. The number of rotatable bonds is 9. The molecule has 4 aromatic carbocycles. The average Bonchev–Trinajstić information content (AvgIpc) is 2.84. The van der Waals surface area contributed by atoms with E-state index in [1.807, 2.05) is 84.9 Å². The van der Waals surface area contributed by atoms with Crippen LogP contribution in [0.15, 0.2) is 84.9 Å². The first kappa shape index (κ1) is 21.6. The Bertz CT molecular complexity index is 1140. The van der Waals surface area contributed by atoms with Gasteiger partial charge in [0.05, 0.1) is 0 Å². The Hall–Kier alpha value is -3.66. The number of unbranched alkanes of at least 4 members (excludes halogenated alkanes) is 3. The van der Waals surface area contributed by atoms with Gasteiger partial charge in [0, 0.05) is 24.2 Å². The molecule has 0 aromatic heterocycles. The number of amides is 2. The van der Waals surface area contributed by atoms with E-state index < -0.39 is 0 Å². The van der Waals surface area contributed by atoms with Crippen molar-refractivity contribution in [3.63, 3.8) is 0 Å². The summed E-state index contributed by atoms with van der Waals surface area (Å²) in [6, 6.07) is 27.7. The van der Waals surface area contributed by atoms with Gasteiger partial charge in [-0.15, -0.1) is 0 Å². The standard InChI is InChI=1S/C28H28N2O2/c31-27(25-15-13-21-9-3-5-11-23(21)19-25)29-17-7-1-2-8-18-30-28(32)26-16-14-22-10-4-6-12-24(22)20-26/h3-6,9-16,19-20H,1-2,7-8,17-18H2,(H,29,31)(H,30,32). The van der Waals surface area contributed by atoms with Crippen LogP contribution in [0.3, 0.4) is 0 Å². The van der Waals surface area contributed by atoms with Gasteiger partial charge in [0.25, 0.3) is 11.8 Å². The van der Waals surface area contributed by atoms with Crippen LogP contribution in [-0.4, -0.2) is 24.9 Å². The zero-order valence-corrected chi connectivity index (χ0v) is 18.1. The number of benzene rings is 4. The summed E-state index contributed by atoms with van der Waals surface area (Å²) in [4.78, 5) is 24.7. The molecule has 0 atom stereocenters. The number of fused-ring (bicyclic) bond motifs is 2. The van der Waals surface area contributed by atoms with Crippen LogP contribution < -0.4 is 10.6 Å². The Balaban J connectivity index is 1.11. The molecule has 0 aliphatic heterocycles. The molecule has 4 heteroatoms. The summed E-state index contributed by atoms with van der Waals surface area (Å²) < 4.78 is 0. The molecule has 0 aliphatic carbocycles. The highest BCUT2D eigenvalue weighted by Crippen LogP contribution is 2.16. The second kappa shape index (κ2) is 10.6. The number of hydrogen-bond donors (Lipinski definition) is 2. The fourth-order valence-electron chi connectivity index (χ4n) is 3.87. The topological polar surface area (TPSA) is 58.2 Å². The molecule has 32 heavy (non-hydrogen) atoms. The lowest BCUT2D eigenvalue weighted by molar-refractivity contribution is 0.0943. The predicted molar refractivity (Wildman–Crippen MR) is 131 cm³/mol. The molecule has 0 unspecified atom stereocenters. The zero-order valence-electron chi connectivity index (χ0n) is 18.1. The third-order valence-corrected chi connectivity index (χ3v) is 5.70. The minimum Gasteiger partial charge on any atom is -0.352 e. The molecule has 162 valence electrons. The zero-order chi connectivity index (χ0) is 22.2. The summed E-state index contributed by atoms with van der Waals surface area (Å²) in [5.74, 6) is -0.0585. The van der Waals surface area contributed by atoms with Gasteiger partial charge < -0.3 is 10.6 Å². The molecule has 4 nitrogen and oxygen atoms in total. The maximum absolute atomic E-state index is 12.4. The molecule has 4 aromatic rings. The minimum absolute atomic E-state index is 0.0293. The molecule has 0 saturated heterocycles. The largest absolute Gasteiger partial charge is 0.352 e. The van der Waals surface area contributed by atoms with Crippen molar-refractivity contribution >= 4 is 33.4 Å². The van der Waals surface area contributed by atoms with Crippen LogP contribution in [0.25, 0.3) is 21.5 Å². The quantitative estimate of drug-likeness (QED) is 0.338. The Morgan fingerprint density at radius 1 is 0.500 bits per heavy atom. The van der Waals surface area contributed by atoms with E-state index in [0.29, 0.717) is 24.2 Å². The van der Waals surface area contributed by atoms with Crippen molar-refractivity contribution in [3.8, 4) is 0 Å². The van der Waals surface area contributed by atoms with Gasteiger partial charge in [-0.1, -0.05) is 73.5 Å². The maximum atomic E-state index is 12.4. The van der Waals surface area contributed by atoms with Gasteiger partial charge in [0.2, 0.25) is 0 Å². The van der Waals surface area contributed by atoms with E-state index >= 15 is 0 Å². The molecule has 4 rings (SSSR count). The van der Waals surface area contributed by atoms with E-state index in [1.54, 1.807) is 0 Å². The van der Waals surface area contributed by atoms with Gasteiger partial charge in [-0.05, 0) is 58.7 Å². The van der Waals surface area contributed by atoms with Crippen LogP contribution in [-0.2, 0) is 0 Å². The second-order valence-electron chi connectivity index (χ2n) is 8.05. The third kappa shape index (κ3) is 5.52. The number of carbonyl (C=O) groups is 2. The average molecular weight is 425 g/mol. The molecule has 0 saturated carbocycles. The first-order valence-electron chi connectivity index (χ1n) is 11.2. The Morgan fingerprint density at radius 3 is 1.34 bits per heavy atom. The predicted octanol–water partition coefficient (Wildman–Crippen LogP) is 5.71. The van der Waals surface area contributed by atoms with Crippen molar-refractivity contribution in [2.45, 2.75) is 25.7 Å². The number of carbonyl (C=O) groups excluding carboxylic acids is 2. The second-order valence-corrected chi connectivity index (χ2v) is 8.05. The van der Waals surface area contributed by atoms with Crippen molar-refractivity contribution in [1.82, 2.24) is 10.6 Å². The lowest BCUT2D eigenvalue weighted by Gasteiger charge is -2.08. The van der Waals surface area contributed by atoms with Crippen LogP contribution in [0, 0.1) is 0 Å². The van der Waals surface area contributed by atoms with Gasteiger partial charge in [0.15, 0.2) is 0 Å². The van der Waals surface area contributed by atoms with Crippen molar-refractivity contribution in [1.29, 1.82) is 0 Å². The first-order valence-corrected chi connectivity index (χ1v) is 11.2. The SMILES string of the molecule is O=C(NCCCCCCNC(=O)c1ccc2ccccc2c1)c1ccc2ccccc2c1.